The third-order valence-electron chi connectivity index (χ3n) is 3.34. The number of nitrogens with zero attached hydrogens (tertiary/aromatic N) is 1. The van der Waals surface area contributed by atoms with Crippen molar-refractivity contribution in [2.45, 2.75) is 23.2 Å². The highest BCUT2D eigenvalue weighted by Crippen LogP contribution is 2.40. The molecule has 0 saturated carbocycles. The summed E-state index contributed by atoms with van der Waals surface area (Å²) in [6.07, 6.45) is 0. The van der Waals surface area contributed by atoms with Gasteiger partial charge in [0.1, 0.15) is 9.71 Å². The lowest BCUT2D eigenvalue weighted by atomic mass is 9.98. The molecule has 2 rings (SSSR count). The summed E-state index contributed by atoms with van der Waals surface area (Å²) in [6, 6.07) is 9.78. The van der Waals surface area contributed by atoms with Crippen LogP contribution in [0, 0.1) is 5.92 Å². The van der Waals surface area contributed by atoms with Crippen LogP contribution in [0.2, 0.25) is 0 Å². The summed E-state index contributed by atoms with van der Waals surface area (Å²) >= 11 is 18.1. The second-order valence-electron chi connectivity index (χ2n) is 4.69. The number of hydrogen-bond donors (Lipinski definition) is 0. The van der Waals surface area contributed by atoms with Gasteiger partial charge in [-0.15, -0.1) is 34.8 Å². The van der Waals surface area contributed by atoms with Crippen molar-refractivity contribution in [3.05, 3.63) is 35.9 Å². The predicted molar refractivity (Wildman–Crippen MR) is 75.1 cm³/mol. The Morgan fingerprint density at radius 3 is 2.50 bits per heavy atom. The highest BCUT2D eigenvalue weighted by atomic mass is 35.5. The van der Waals surface area contributed by atoms with Gasteiger partial charge >= 0.3 is 0 Å². The van der Waals surface area contributed by atoms with E-state index < -0.39 is 9.71 Å². The standard InChI is InChI=1S/C13H14Cl3NO/c1-13(16)10(11(14)15)8-17(12(13)18)7-9-5-3-2-4-6-9/h2-6,10-11H,7-8H2,1H3/t10-,13-/m1/s1. The van der Waals surface area contributed by atoms with Crippen LogP contribution in [-0.4, -0.2) is 27.1 Å². The fraction of sp³-hybridized carbons (Fsp3) is 0.462. The van der Waals surface area contributed by atoms with Crippen LogP contribution in [0.1, 0.15) is 12.5 Å². The quantitative estimate of drug-likeness (QED) is 0.783. The maximum absolute atomic E-state index is 12.2. The van der Waals surface area contributed by atoms with Crippen LogP contribution in [0.3, 0.4) is 0 Å². The Hall–Kier alpha value is -0.440. The maximum Gasteiger partial charge on any atom is 0.244 e. The zero-order chi connectivity index (χ0) is 13.3. The van der Waals surface area contributed by atoms with Gasteiger partial charge < -0.3 is 4.90 Å². The molecule has 2 nitrogen and oxygen atoms in total. The second-order valence-corrected chi connectivity index (χ2v) is 6.64. The van der Waals surface area contributed by atoms with Crippen molar-refractivity contribution in [1.29, 1.82) is 0 Å². The van der Waals surface area contributed by atoms with Crippen molar-refractivity contribution in [1.82, 2.24) is 4.90 Å². The van der Waals surface area contributed by atoms with Crippen molar-refractivity contribution in [3.8, 4) is 0 Å². The van der Waals surface area contributed by atoms with Gasteiger partial charge in [-0.3, -0.25) is 4.79 Å². The smallest absolute Gasteiger partial charge is 0.244 e. The molecule has 1 heterocycles. The first-order chi connectivity index (χ1) is 8.43. The van der Waals surface area contributed by atoms with E-state index in [1.54, 1.807) is 11.8 Å². The molecular weight excluding hydrogens is 293 g/mol. The molecule has 98 valence electrons. The van der Waals surface area contributed by atoms with Crippen molar-refractivity contribution < 1.29 is 4.79 Å². The fourth-order valence-corrected chi connectivity index (χ4v) is 3.32. The van der Waals surface area contributed by atoms with Crippen LogP contribution in [0.15, 0.2) is 30.3 Å². The lowest BCUT2D eigenvalue weighted by molar-refractivity contribution is -0.130. The van der Waals surface area contributed by atoms with Gasteiger partial charge in [0.15, 0.2) is 0 Å². The van der Waals surface area contributed by atoms with Gasteiger partial charge in [0.2, 0.25) is 5.91 Å². The van der Waals surface area contributed by atoms with E-state index in [2.05, 4.69) is 0 Å². The maximum atomic E-state index is 12.2. The van der Waals surface area contributed by atoms with Crippen molar-refractivity contribution in [2.24, 2.45) is 5.92 Å². The van der Waals surface area contributed by atoms with Gasteiger partial charge in [-0.05, 0) is 12.5 Å². The number of halogens is 3. The second kappa shape index (κ2) is 5.28. The Balaban J connectivity index is 2.15. The molecule has 1 fully saturated rings. The third-order valence-corrected chi connectivity index (χ3v) is 4.39. The topological polar surface area (TPSA) is 20.3 Å². The van der Waals surface area contributed by atoms with Gasteiger partial charge in [0, 0.05) is 19.0 Å². The monoisotopic (exact) mass is 305 g/mol. The number of carbonyl (C=O) groups excluding carboxylic acids is 1. The molecule has 1 aliphatic rings. The predicted octanol–water partition coefficient (Wildman–Crippen LogP) is 3.45. The Morgan fingerprint density at radius 1 is 1.39 bits per heavy atom. The highest BCUT2D eigenvalue weighted by molar-refractivity contribution is 6.46. The number of likely N-dealkylation sites (tertiary alicyclic amines) is 1. The fourth-order valence-electron chi connectivity index (χ4n) is 2.22. The molecule has 0 bridgehead atoms. The van der Waals surface area contributed by atoms with E-state index in [4.69, 9.17) is 34.8 Å². The van der Waals surface area contributed by atoms with Gasteiger partial charge in [-0.2, -0.15) is 0 Å². The number of benzene rings is 1. The average Bonchev–Trinajstić information content (AvgIpc) is 2.54. The first-order valence-corrected chi connectivity index (χ1v) is 6.98. The van der Waals surface area contributed by atoms with Gasteiger partial charge in [-0.1, -0.05) is 30.3 Å². The summed E-state index contributed by atoms with van der Waals surface area (Å²) in [5.41, 5.74) is 1.07. The normalized spacial score (nSPS) is 28.2. The van der Waals surface area contributed by atoms with Crippen LogP contribution in [0.4, 0.5) is 0 Å². The minimum Gasteiger partial charge on any atom is -0.336 e. The summed E-state index contributed by atoms with van der Waals surface area (Å²) in [4.78, 5) is 12.3. The summed E-state index contributed by atoms with van der Waals surface area (Å²) in [5.74, 6) is -0.358. The number of amides is 1. The van der Waals surface area contributed by atoms with Crippen LogP contribution in [0.5, 0.6) is 0 Å². The van der Waals surface area contributed by atoms with Crippen LogP contribution in [0.25, 0.3) is 0 Å². The molecule has 18 heavy (non-hydrogen) atoms. The van der Waals surface area contributed by atoms with Crippen molar-refractivity contribution >= 4 is 40.7 Å². The molecule has 5 heteroatoms. The minimum atomic E-state index is -1.01. The molecule has 0 N–H and O–H groups in total. The van der Waals surface area contributed by atoms with Crippen LogP contribution >= 0.6 is 34.8 Å². The zero-order valence-electron chi connectivity index (χ0n) is 9.95. The average molecular weight is 307 g/mol. The molecule has 1 aromatic carbocycles. The Labute approximate surface area is 122 Å². The summed E-state index contributed by atoms with van der Waals surface area (Å²) < 4.78 is 0. The summed E-state index contributed by atoms with van der Waals surface area (Å²) in [7, 11) is 0. The number of alkyl halides is 3. The van der Waals surface area contributed by atoms with E-state index >= 15 is 0 Å². The van der Waals surface area contributed by atoms with E-state index in [0.717, 1.165) is 5.56 Å². The summed E-state index contributed by atoms with van der Waals surface area (Å²) in [6.45, 7) is 2.72. The van der Waals surface area contributed by atoms with Gasteiger partial charge in [0.05, 0.1) is 0 Å². The van der Waals surface area contributed by atoms with Crippen molar-refractivity contribution in [3.63, 3.8) is 0 Å². The van der Waals surface area contributed by atoms with E-state index in [9.17, 15) is 4.79 Å². The summed E-state index contributed by atoms with van der Waals surface area (Å²) in [5, 5.41) is 0. The lowest BCUT2D eigenvalue weighted by Crippen LogP contribution is -2.36. The zero-order valence-corrected chi connectivity index (χ0v) is 12.2. The molecule has 0 spiro atoms. The van der Waals surface area contributed by atoms with Gasteiger partial charge in [-0.25, -0.2) is 0 Å². The molecule has 2 atom stereocenters. The molecule has 0 aromatic heterocycles. The highest BCUT2D eigenvalue weighted by Gasteiger charge is 2.51. The molecule has 1 saturated heterocycles. The molecule has 0 aliphatic carbocycles. The van der Waals surface area contributed by atoms with E-state index in [0.29, 0.717) is 13.1 Å². The Morgan fingerprint density at radius 2 is 2.00 bits per heavy atom. The molecule has 1 aliphatic heterocycles. The molecule has 0 unspecified atom stereocenters. The molecule has 1 aromatic rings. The van der Waals surface area contributed by atoms with E-state index in [1.807, 2.05) is 30.3 Å². The first kappa shape index (κ1) is 14.0. The Kier molecular flexibility index (Phi) is 4.10. The Bertz CT molecular complexity index is 433. The number of hydrogen-bond acceptors (Lipinski definition) is 1. The molecular formula is C13H14Cl3NO. The first-order valence-electron chi connectivity index (χ1n) is 5.73. The largest absolute Gasteiger partial charge is 0.336 e. The van der Waals surface area contributed by atoms with E-state index in [-0.39, 0.29) is 11.8 Å². The molecule has 0 radical (unpaired) electrons. The van der Waals surface area contributed by atoms with Crippen LogP contribution < -0.4 is 0 Å². The lowest BCUT2D eigenvalue weighted by Gasteiger charge is -2.21. The van der Waals surface area contributed by atoms with Crippen LogP contribution in [-0.2, 0) is 11.3 Å². The number of carbonyl (C=O) groups is 1. The van der Waals surface area contributed by atoms with Gasteiger partial charge in [0.25, 0.3) is 0 Å². The van der Waals surface area contributed by atoms with E-state index in [1.165, 1.54) is 0 Å². The number of rotatable bonds is 3. The minimum absolute atomic E-state index is 0.107. The van der Waals surface area contributed by atoms with Crippen molar-refractivity contribution in [2.75, 3.05) is 6.54 Å². The SMILES string of the molecule is C[C@]1(Cl)C(=O)N(Cc2ccccc2)C[C@@H]1C(Cl)Cl. The third kappa shape index (κ3) is 2.61. The molecule has 1 amide bonds.